The molecule has 1 N–H and O–H groups in total. The van der Waals surface area contributed by atoms with Gasteiger partial charge in [-0.1, -0.05) is 0 Å². The number of nitrogens with one attached hydrogen (secondary N) is 1. The second kappa shape index (κ2) is 9.55. The van der Waals surface area contributed by atoms with Crippen LogP contribution in [0, 0.1) is 0 Å². The normalized spacial score (nSPS) is 16.0. The Kier molecular flexibility index (Phi) is 7.61. The molecule has 1 saturated heterocycles. The lowest BCUT2D eigenvalue weighted by molar-refractivity contribution is -0.129. The van der Waals surface area contributed by atoms with Crippen LogP contribution in [-0.2, 0) is 24.3 Å². The summed E-state index contributed by atoms with van der Waals surface area (Å²) < 4.78 is 36.8. The Labute approximate surface area is 172 Å². The summed E-state index contributed by atoms with van der Waals surface area (Å²) in [5.41, 5.74) is 0.645. The first-order chi connectivity index (χ1) is 13.5. The highest BCUT2D eigenvalue weighted by Gasteiger charge is 2.27. The molecule has 0 spiro atoms. The minimum Gasteiger partial charge on any atom is -0.449 e. The maximum absolute atomic E-state index is 12.9. The third-order valence-electron chi connectivity index (χ3n) is 4.40. The Bertz CT molecular complexity index is 848. The Morgan fingerprint density at radius 3 is 2.34 bits per heavy atom. The zero-order chi connectivity index (χ0) is 21.8. The zero-order valence-corrected chi connectivity index (χ0v) is 18.3. The minimum atomic E-state index is -3.74. The number of benzene rings is 1. The monoisotopic (exact) mass is 427 g/mol. The van der Waals surface area contributed by atoms with Gasteiger partial charge >= 0.3 is 5.97 Å². The van der Waals surface area contributed by atoms with E-state index in [9.17, 15) is 18.0 Å². The number of sulfonamides is 1. The minimum absolute atomic E-state index is 0.0225. The molecule has 0 bridgehead atoms. The van der Waals surface area contributed by atoms with Gasteiger partial charge in [0.15, 0.2) is 6.10 Å². The largest absolute Gasteiger partial charge is 0.449 e. The van der Waals surface area contributed by atoms with E-state index in [0.29, 0.717) is 32.0 Å². The van der Waals surface area contributed by atoms with Crippen LogP contribution >= 0.6 is 0 Å². The molecule has 0 unspecified atom stereocenters. The number of carbonyl (C=O) groups excluding carboxylic acids is 2. The second-order valence-electron chi connectivity index (χ2n) is 7.28. The standard InChI is InChI=1S/C19H29N3O6S/c1-13(2)20-18(23)14(3)28-19(24)16-12-15(29(25,26)21(4)5)6-7-17(16)22-8-10-27-11-9-22/h6-7,12-14H,8-11H2,1-5H3,(H,20,23)/t14-/m0/s1. The quantitative estimate of drug-likeness (QED) is 0.643. The van der Waals surface area contributed by atoms with Crippen molar-refractivity contribution in [2.24, 2.45) is 0 Å². The summed E-state index contributed by atoms with van der Waals surface area (Å²) in [6, 6.07) is 4.26. The summed E-state index contributed by atoms with van der Waals surface area (Å²) in [5, 5.41) is 2.68. The van der Waals surface area contributed by atoms with Crippen LogP contribution in [-0.4, -0.2) is 77.1 Å². The molecule has 1 aliphatic heterocycles. The van der Waals surface area contributed by atoms with Crippen molar-refractivity contribution in [1.29, 1.82) is 0 Å². The second-order valence-corrected chi connectivity index (χ2v) is 9.43. The molecule has 162 valence electrons. The fourth-order valence-electron chi connectivity index (χ4n) is 2.81. The number of amides is 1. The molecule has 1 aromatic carbocycles. The molecule has 1 heterocycles. The van der Waals surface area contributed by atoms with Crippen molar-refractivity contribution in [2.45, 2.75) is 37.8 Å². The van der Waals surface area contributed by atoms with E-state index in [0.717, 1.165) is 4.31 Å². The van der Waals surface area contributed by atoms with E-state index in [2.05, 4.69) is 5.32 Å². The average Bonchev–Trinajstić information content (AvgIpc) is 2.67. The first kappa shape index (κ1) is 23.1. The molecule has 9 nitrogen and oxygen atoms in total. The topological polar surface area (TPSA) is 105 Å². The van der Waals surface area contributed by atoms with Gasteiger partial charge in [-0.05, 0) is 39.0 Å². The van der Waals surface area contributed by atoms with E-state index < -0.39 is 28.0 Å². The number of nitrogens with zero attached hydrogens (tertiary/aromatic N) is 2. The van der Waals surface area contributed by atoms with E-state index >= 15 is 0 Å². The summed E-state index contributed by atoms with van der Waals surface area (Å²) in [5.74, 6) is -1.17. The van der Waals surface area contributed by atoms with Crippen molar-refractivity contribution in [3.8, 4) is 0 Å². The molecule has 10 heteroatoms. The van der Waals surface area contributed by atoms with Crippen LogP contribution in [0.4, 0.5) is 5.69 Å². The smallest absolute Gasteiger partial charge is 0.341 e. The summed E-state index contributed by atoms with van der Waals surface area (Å²) in [7, 11) is -0.902. The van der Waals surface area contributed by atoms with Gasteiger partial charge in [-0.2, -0.15) is 0 Å². The lowest BCUT2D eigenvalue weighted by Crippen LogP contribution is -2.40. The Balaban J connectivity index is 2.39. The van der Waals surface area contributed by atoms with Gasteiger partial charge in [0.2, 0.25) is 10.0 Å². The van der Waals surface area contributed by atoms with Gasteiger partial charge in [0.05, 0.1) is 29.4 Å². The molecule has 1 aliphatic rings. The summed E-state index contributed by atoms with van der Waals surface area (Å²) >= 11 is 0. The number of anilines is 1. The van der Waals surface area contributed by atoms with Gasteiger partial charge in [-0.15, -0.1) is 0 Å². The fraction of sp³-hybridized carbons (Fsp3) is 0.579. The maximum Gasteiger partial charge on any atom is 0.341 e. The number of carbonyl (C=O) groups is 2. The van der Waals surface area contributed by atoms with E-state index in [1.807, 2.05) is 4.90 Å². The summed E-state index contributed by atoms with van der Waals surface area (Å²) in [6.07, 6.45) is -1.02. The summed E-state index contributed by atoms with van der Waals surface area (Å²) in [4.78, 5) is 26.9. The molecule has 1 aromatic rings. The van der Waals surface area contributed by atoms with Crippen LogP contribution in [0.1, 0.15) is 31.1 Å². The van der Waals surface area contributed by atoms with Crippen LogP contribution in [0.3, 0.4) is 0 Å². The van der Waals surface area contributed by atoms with Crippen LogP contribution < -0.4 is 10.2 Å². The van der Waals surface area contributed by atoms with Crippen molar-refractivity contribution < 1.29 is 27.5 Å². The Morgan fingerprint density at radius 1 is 1.17 bits per heavy atom. The molecule has 0 radical (unpaired) electrons. The van der Waals surface area contributed by atoms with Gasteiger partial charge < -0.3 is 19.7 Å². The third kappa shape index (κ3) is 5.68. The molecular formula is C19H29N3O6S. The van der Waals surface area contributed by atoms with Gasteiger partial charge in [-0.3, -0.25) is 4.79 Å². The molecule has 29 heavy (non-hydrogen) atoms. The van der Waals surface area contributed by atoms with Crippen LogP contribution in [0.15, 0.2) is 23.1 Å². The van der Waals surface area contributed by atoms with Gasteiger partial charge in [0.1, 0.15) is 0 Å². The van der Waals surface area contributed by atoms with Crippen LogP contribution in [0.2, 0.25) is 0 Å². The molecule has 1 amide bonds. The SMILES string of the molecule is CC(C)NC(=O)[C@H](C)OC(=O)c1cc(S(=O)(=O)N(C)C)ccc1N1CCOCC1. The van der Waals surface area contributed by atoms with Gasteiger partial charge in [-0.25, -0.2) is 17.5 Å². The first-order valence-electron chi connectivity index (χ1n) is 9.44. The predicted molar refractivity (Wildman–Crippen MR) is 109 cm³/mol. The first-order valence-corrected chi connectivity index (χ1v) is 10.9. The highest BCUT2D eigenvalue weighted by atomic mass is 32.2. The van der Waals surface area contributed by atoms with Crippen molar-refractivity contribution in [3.63, 3.8) is 0 Å². The van der Waals surface area contributed by atoms with Gasteiger partial charge in [0, 0.05) is 33.2 Å². The molecule has 2 rings (SSSR count). The summed E-state index contributed by atoms with van der Waals surface area (Å²) in [6.45, 7) is 7.20. The molecular weight excluding hydrogens is 398 g/mol. The van der Waals surface area contributed by atoms with Crippen molar-refractivity contribution >= 4 is 27.6 Å². The zero-order valence-electron chi connectivity index (χ0n) is 17.5. The Hall–Kier alpha value is -2.17. The van der Waals surface area contributed by atoms with Gasteiger partial charge in [0.25, 0.3) is 5.91 Å². The maximum atomic E-state index is 12.9. The average molecular weight is 428 g/mol. The number of rotatable bonds is 7. The van der Waals surface area contributed by atoms with E-state index in [-0.39, 0.29) is 16.5 Å². The lowest BCUT2D eigenvalue weighted by atomic mass is 10.1. The van der Waals surface area contributed by atoms with E-state index in [1.165, 1.54) is 33.2 Å². The third-order valence-corrected chi connectivity index (χ3v) is 6.21. The predicted octanol–water partition coefficient (Wildman–Crippen LogP) is 0.843. The van der Waals surface area contributed by atoms with Crippen molar-refractivity contribution in [1.82, 2.24) is 9.62 Å². The van der Waals surface area contributed by atoms with Crippen molar-refractivity contribution in [2.75, 3.05) is 45.3 Å². The van der Waals surface area contributed by atoms with Crippen LogP contribution in [0.5, 0.6) is 0 Å². The molecule has 0 saturated carbocycles. The molecule has 1 fully saturated rings. The number of morpholine rings is 1. The highest BCUT2D eigenvalue weighted by Crippen LogP contribution is 2.27. The lowest BCUT2D eigenvalue weighted by Gasteiger charge is -2.30. The molecule has 1 atom stereocenters. The number of hydrogen-bond acceptors (Lipinski definition) is 7. The number of esters is 1. The molecule has 0 aromatic heterocycles. The molecule has 0 aliphatic carbocycles. The Morgan fingerprint density at radius 2 is 1.79 bits per heavy atom. The van der Waals surface area contributed by atoms with E-state index in [1.54, 1.807) is 19.9 Å². The number of hydrogen-bond donors (Lipinski definition) is 1. The van der Waals surface area contributed by atoms with Crippen molar-refractivity contribution in [3.05, 3.63) is 23.8 Å². The van der Waals surface area contributed by atoms with Crippen LogP contribution in [0.25, 0.3) is 0 Å². The number of ether oxygens (including phenoxy) is 2. The fourth-order valence-corrected chi connectivity index (χ4v) is 3.74. The van der Waals surface area contributed by atoms with E-state index in [4.69, 9.17) is 9.47 Å². The highest BCUT2D eigenvalue weighted by molar-refractivity contribution is 7.89.